The van der Waals surface area contributed by atoms with Gasteiger partial charge in [0.25, 0.3) is 5.91 Å². The molecule has 3 aromatic rings. The number of anilines is 1. The Balaban J connectivity index is 1.29. The minimum atomic E-state index is -0.143. The van der Waals surface area contributed by atoms with Crippen molar-refractivity contribution in [1.82, 2.24) is 20.2 Å². The molecule has 33 heavy (non-hydrogen) atoms. The van der Waals surface area contributed by atoms with Crippen LogP contribution in [0.1, 0.15) is 40.8 Å². The molecule has 0 saturated carbocycles. The van der Waals surface area contributed by atoms with E-state index < -0.39 is 0 Å². The predicted octanol–water partition coefficient (Wildman–Crippen LogP) is 3.72. The molecule has 4 unspecified atom stereocenters. The van der Waals surface area contributed by atoms with Crippen LogP contribution in [0.15, 0.2) is 53.1 Å². The van der Waals surface area contributed by atoms with Crippen LogP contribution in [0.2, 0.25) is 0 Å². The number of hydrogen-bond acceptors (Lipinski definition) is 6. The number of carbonyl (C=O) groups excluding carboxylic acids is 1. The van der Waals surface area contributed by atoms with Gasteiger partial charge in [-0.3, -0.25) is 9.69 Å². The van der Waals surface area contributed by atoms with E-state index in [0.717, 1.165) is 42.3 Å². The smallest absolute Gasteiger partial charge is 0.287 e. The minimum absolute atomic E-state index is 0.143. The third-order valence-corrected chi connectivity index (χ3v) is 7.04. The van der Waals surface area contributed by atoms with Crippen LogP contribution < -0.4 is 10.2 Å². The Kier molecular flexibility index (Phi) is 5.89. The second-order valence-corrected chi connectivity index (χ2v) is 9.39. The number of amides is 1. The van der Waals surface area contributed by atoms with Gasteiger partial charge in [-0.15, -0.1) is 0 Å². The number of fused-ring (bicyclic) bond motifs is 3. The van der Waals surface area contributed by atoms with E-state index in [1.807, 2.05) is 21.0 Å². The lowest BCUT2D eigenvalue weighted by Gasteiger charge is -2.49. The number of aromatic nitrogens is 2. The van der Waals surface area contributed by atoms with Gasteiger partial charge in [-0.2, -0.15) is 0 Å². The van der Waals surface area contributed by atoms with E-state index in [1.54, 1.807) is 12.1 Å². The van der Waals surface area contributed by atoms with Gasteiger partial charge in [0, 0.05) is 56.1 Å². The zero-order chi connectivity index (χ0) is 22.9. The summed E-state index contributed by atoms with van der Waals surface area (Å²) < 4.78 is 5.21. The van der Waals surface area contributed by atoms with Gasteiger partial charge in [0.1, 0.15) is 5.82 Å². The Hall–Kier alpha value is -3.19. The highest BCUT2D eigenvalue weighted by atomic mass is 16.3. The summed E-state index contributed by atoms with van der Waals surface area (Å²) in [6, 6.07) is 14.5. The lowest BCUT2D eigenvalue weighted by Crippen LogP contribution is -2.56. The van der Waals surface area contributed by atoms with Crippen molar-refractivity contribution >= 4 is 11.6 Å². The number of hydrogen-bond donors (Lipinski definition) is 1. The lowest BCUT2D eigenvalue weighted by atomic mass is 9.74. The van der Waals surface area contributed by atoms with E-state index in [2.05, 4.69) is 45.4 Å². The zero-order valence-corrected chi connectivity index (χ0v) is 19.5. The van der Waals surface area contributed by atoms with Gasteiger partial charge >= 0.3 is 0 Å². The largest absolute Gasteiger partial charge is 0.459 e. The molecule has 0 spiro atoms. The summed E-state index contributed by atoms with van der Waals surface area (Å²) in [5.74, 6) is 2.01. The Morgan fingerprint density at radius 2 is 2.03 bits per heavy atom. The van der Waals surface area contributed by atoms with Crippen molar-refractivity contribution in [2.24, 2.45) is 5.92 Å². The van der Waals surface area contributed by atoms with Crippen molar-refractivity contribution in [1.29, 1.82) is 0 Å². The molecule has 3 aliphatic rings. The number of piperidine rings is 3. The van der Waals surface area contributed by atoms with Gasteiger partial charge in [0.15, 0.2) is 5.76 Å². The topological polar surface area (TPSA) is 74.5 Å². The maximum Gasteiger partial charge on any atom is 0.287 e. The van der Waals surface area contributed by atoms with Gasteiger partial charge < -0.3 is 14.6 Å². The van der Waals surface area contributed by atoms with E-state index in [9.17, 15) is 4.79 Å². The summed E-state index contributed by atoms with van der Waals surface area (Å²) in [6.45, 7) is 4.68. The van der Waals surface area contributed by atoms with Gasteiger partial charge in [-0.1, -0.05) is 12.1 Å². The van der Waals surface area contributed by atoms with Crippen LogP contribution in [0.5, 0.6) is 0 Å². The molecule has 3 saturated heterocycles. The molecule has 4 atom stereocenters. The second-order valence-electron chi connectivity index (χ2n) is 9.39. The number of aryl methyl sites for hydroxylation is 1. The number of benzene rings is 1. The van der Waals surface area contributed by atoms with E-state index in [1.165, 1.54) is 18.4 Å². The molecule has 6 rings (SSSR count). The molecule has 3 fully saturated rings. The summed E-state index contributed by atoms with van der Waals surface area (Å²) >= 11 is 0. The standard InChI is InChI=1S/C26H31N5O2/c1-17-28-23(18-6-8-20(9-7-18)30(2)3)14-24(29-17)22-16-31-11-10-19(22)13-21(31)15-27-26(32)25-5-4-12-33-25/h4-9,12,14,19,21-22H,10-11,13,15-16H2,1-3H3,(H,27,32). The highest BCUT2D eigenvalue weighted by molar-refractivity contribution is 5.91. The summed E-state index contributed by atoms with van der Waals surface area (Å²) in [6.07, 6.45) is 3.77. The molecule has 0 aliphatic carbocycles. The van der Waals surface area contributed by atoms with Crippen molar-refractivity contribution in [3.8, 4) is 11.3 Å². The predicted molar refractivity (Wildman–Crippen MR) is 128 cm³/mol. The number of furan rings is 1. The third-order valence-electron chi connectivity index (χ3n) is 7.04. The number of nitrogens with zero attached hydrogens (tertiary/aromatic N) is 4. The van der Waals surface area contributed by atoms with Gasteiger partial charge in [0.05, 0.1) is 12.0 Å². The molecule has 1 N–H and O–H groups in total. The number of nitrogens with one attached hydrogen (secondary N) is 1. The third kappa shape index (κ3) is 4.50. The highest BCUT2D eigenvalue weighted by Crippen LogP contribution is 2.41. The van der Waals surface area contributed by atoms with E-state index >= 15 is 0 Å². The first-order chi connectivity index (χ1) is 16.0. The second kappa shape index (κ2) is 8.98. The fraction of sp³-hybridized carbons (Fsp3) is 0.423. The summed E-state index contributed by atoms with van der Waals surface area (Å²) in [5, 5.41) is 3.04. The Labute approximate surface area is 194 Å². The summed E-state index contributed by atoms with van der Waals surface area (Å²) in [4.78, 5) is 26.5. The Morgan fingerprint density at radius 3 is 2.70 bits per heavy atom. The van der Waals surface area contributed by atoms with Crippen LogP contribution in [-0.4, -0.2) is 60.5 Å². The molecule has 5 heterocycles. The van der Waals surface area contributed by atoms with Crippen LogP contribution in [0.25, 0.3) is 11.3 Å². The maximum atomic E-state index is 12.3. The van der Waals surface area contributed by atoms with Crippen LogP contribution >= 0.6 is 0 Å². The van der Waals surface area contributed by atoms with E-state index in [-0.39, 0.29) is 5.91 Å². The zero-order valence-electron chi connectivity index (χ0n) is 19.5. The van der Waals surface area contributed by atoms with Crippen molar-refractivity contribution in [2.75, 3.05) is 38.6 Å². The van der Waals surface area contributed by atoms with Crippen molar-refractivity contribution in [3.05, 3.63) is 66.0 Å². The van der Waals surface area contributed by atoms with Crippen molar-refractivity contribution < 1.29 is 9.21 Å². The van der Waals surface area contributed by atoms with Crippen molar-refractivity contribution in [3.63, 3.8) is 0 Å². The van der Waals surface area contributed by atoms with E-state index in [0.29, 0.717) is 30.2 Å². The van der Waals surface area contributed by atoms with Gasteiger partial charge in [0.2, 0.25) is 0 Å². The normalized spacial score (nSPS) is 24.0. The van der Waals surface area contributed by atoms with Gasteiger partial charge in [-0.25, -0.2) is 9.97 Å². The Bertz CT molecular complexity index is 1110. The Morgan fingerprint density at radius 1 is 1.21 bits per heavy atom. The SMILES string of the molecule is Cc1nc(-c2ccc(N(C)C)cc2)cc(C2CN3CCC2CC3CNC(=O)c2ccco2)n1. The molecular weight excluding hydrogens is 414 g/mol. The minimum Gasteiger partial charge on any atom is -0.459 e. The monoisotopic (exact) mass is 445 g/mol. The molecule has 172 valence electrons. The van der Waals surface area contributed by atoms with Crippen molar-refractivity contribution in [2.45, 2.75) is 31.7 Å². The molecule has 7 heteroatoms. The molecule has 2 aromatic heterocycles. The van der Waals surface area contributed by atoms with Crippen LogP contribution in [0.3, 0.4) is 0 Å². The highest BCUT2D eigenvalue weighted by Gasteiger charge is 2.41. The fourth-order valence-electron chi connectivity index (χ4n) is 5.25. The summed E-state index contributed by atoms with van der Waals surface area (Å²) in [5.41, 5.74) is 4.42. The quantitative estimate of drug-likeness (QED) is 0.623. The average molecular weight is 446 g/mol. The first-order valence-electron chi connectivity index (χ1n) is 11.7. The molecular formula is C26H31N5O2. The average Bonchev–Trinajstić information content (AvgIpc) is 3.38. The lowest BCUT2D eigenvalue weighted by molar-refractivity contribution is 0.0288. The van der Waals surface area contributed by atoms with E-state index in [4.69, 9.17) is 14.4 Å². The molecule has 3 aliphatic heterocycles. The molecule has 0 radical (unpaired) electrons. The van der Waals surface area contributed by atoms with Crippen LogP contribution in [0, 0.1) is 12.8 Å². The van der Waals surface area contributed by atoms with Crippen LogP contribution in [-0.2, 0) is 0 Å². The van der Waals surface area contributed by atoms with Crippen LogP contribution in [0.4, 0.5) is 5.69 Å². The number of rotatable bonds is 6. The summed E-state index contributed by atoms with van der Waals surface area (Å²) in [7, 11) is 4.09. The first kappa shape index (κ1) is 21.6. The maximum absolute atomic E-state index is 12.3. The molecule has 1 amide bonds. The first-order valence-corrected chi connectivity index (χ1v) is 11.7. The fourth-order valence-corrected chi connectivity index (χ4v) is 5.25. The number of carbonyl (C=O) groups is 1. The molecule has 2 bridgehead atoms. The van der Waals surface area contributed by atoms with Gasteiger partial charge in [-0.05, 0) is 62.6 Å². The molecule has 1 aromatic carbocycles. The molecule has 7 nitrogen and oxygen atoms in total.